The van der Waals surface area contributed by atoms with Crippen LogP contribution >= 0.6 is 23.2 Å². The van der Waals surface area contributed by atoms with Crippen LogP contribution in [-0.2, 0) is 12.8 Å². The highest BCUT2D eigenvalue weighted by atomic mass is 35.5. The van der Waals surface area contributed by atoms with Crippen LogP contribution in [-0.4, -0.2) is 27.0 Å². The minimum absolute atomic E-state index is 0.218. The molecule has 0 radical (unpaired) electrons. The van der Waals surface area contributed by atoms with Crippen molar-refractivity contribution in [2.75, 3.05) is 7.11 Å². The van der Waals surface area contributed by atoms with Crippen molar-refractivity contribution in [2.45, 2.75) is 12.8 Å². The molecule has 11 heteroatoms. The van der Waals surface area contributed by atoms with Crippen LogP contribution < -0.4 is 9.47 Å². The van der Waals surface area contributed by atoms with Gasteiger partial charge in [0.25, 0.3) is 0 Å². The number of aromatic nitrogens is 4. The molecule has 1 aromatic carbocycles. The van der Waals surface area contributed by atoms with Gasteiger partial charge in [-0.2, -0.15) is 13.2 Å². The number of rotatable bonds is 6. The van der Waals surface area contributed by atoms with Gasteiger partial charge in [-0.15, -0.1) is 0 Å². The maximum Gasteiger partial charge on any atom is 0.418 e. The lowest BCUT2D eigenvalue weighted by Gasteiger charge is -2.14. The molecule has 0 aliphatic rings. The maximum absolute atomic E-state index is 13.2. The molecule has 170 valence electrons. The first-order valence-electron chi connectivity index (χ1n) is 9.46. The van der Waals surface area contributed by atoms with Crippen molar-refractivity contribution in [1.29, 1.82) is 0 Å². The van der Waals surface area contributed by atoms with Gasteiger partial charge >= 0.3 is 6.18 Å². The van der Waals surface area contributed by atoms with E-state index in [0.717, 1.165) is 6.07 Å². The van der Waals surface area contributed by atoms with Gasteiger partial charge in [-0.05, 0) is 36.4 Å². The summed E-state index contributed by atoms with van der Waals surface area (Å²) in [6.07, 6.45) is -1.68. The number of nitrogens with one attached hydrogen (secondary N) is 1. The zero-order valence-corrected chi connectivity index (χ0v) is 18.5. The van der Waals surface area contributed by atoms with Crippen molar-refractivity contribution in [2.24, 2.45) is 0 Å². The second-order valence-electron chi connectivity index (χ2n) is 6.76. The van der Waals surface area contributed by atoms with Crippen molar-refractivity contribution in [3.8, 4) is 34.1 Å². The van der Waals surface area contributed by atoms with E-state index in [1.165, 1.54) is 19.4 Å². The Kier molecular flexibility index (Phi) is 6.44. The van der Waals surface area contributed by atoms with E-state index in [0.29, 0.717) is 39.3 Å². The zero-order chi connectivity index (χ0) is 23.6. The molecule has 6 nitrogen and oxygen atoms in total. The lowest BCUT2D eigenvalue weighted by atomic mass is 10.1. The Balaban J connectivity index is 1.59. The molecule has 0 saturated heterocycles. The van der Waals surface area contributed by atoms with Crippen LogP contribution in [0.3, 0.4) is 0 Å². The van der Waals surface area contributed by atoms with Crippen LogP contribution in [0.15, 0.2) is 54.9 Å². The monoisotopic (exact) mass is 494 g/mol. The number of ether oxygens (including phenoxy) is 2. The minimum atomic E-state index is -4.53. The number of benzene rings is 1. The van der Waals surface area contributed by atoms with E-state index in [2.05, 4.69) is 19.9 Å². The molecule has 0 amide bonds. The third-order valence-electron chi connectivity index (χ3n) is 4.66. The quantitative estimate of drug-likeness (QED) is 0.312. The first-order valence-corrected chi connectivity index (χ1v) is 10.2. The molecule has 33 heavy (non-hydrogen) atoms. The van der Waals surface area contributed by atoms with Crippen molar-refractivity contribution in [3.63, 3.8) is 0 Å². The van der Waals surface area contributed by atoms with Gasteiger partial charge in [0.1, 0.15) is 39.9 Å². The Bertz CT molecular complexity index is 1280. The number of H-pyrrole nitrogens is 1. The van der Waals surface area contributed by atoms with Gasteiger partial charge in [0, 0.05) is 29.6 Å². The lowest BCUT2D eigenvalue weighted by Crippen LogP contribution is -2.12. The number of pyridine rings is 2. The average Bonchev–Trinajstić information content (AvgIpc) is 3.18. The predicted molar refractivity (Wildman–Crippen MR) is 117 cm³/mol. The number of methoxy groups -OCH3 is 1. The lowest BCUT2D eigenvalue weighted by molar-refractivity contribution is -0.138. The van der Waals surface area contributed by atoms with Crippen molar-refractivity contribution in [1.82, 2.24) is 19.9 Å². The molecular weight excluding hydrogens is 480 g/mol. The Morgan fingerprint density at radius 2 is 1.88 bits per heavy atom. The number of hydrogen-bond acceptors (Lipinski definition) is 5. The smallest absolute Gasteiger partial charge is 0.418 e. The SMILES string of the molecule is COc1cc(OCc2ncccc2C(F)(F)F)ccc1-c1nc(-c2ccc(Cl)nc2)[nH]c1Cl. The van der Waals surface area contributed by atoms with Crippen LogP contribution in [0.25, 0.3) is 22.6 Å². The van der Waals surface area contributed by atoms with Crippen LogP contribution in [0.2, 0.25) is 10.3 Å². The van der Waals surface area contributed by atoms with E-state index in [4.69, 9.17) is 32.7 Å². The molecule has 0 bridgehead atoms. The molecule has 4 aromatic rings. The minimum Gasteiger partial charge on any atom is -0.496 e. The highest BCUT2D eigenvalue weighted by Crippen LogP contribution is 2.38. The summed E-state index contributed by atoms with van der Waals surface area (Å²) < 4.78 is 50.5. The summed E-state index contributed by atoms with van der Waals surface area (Å²) in [5.41, 5.74) is 0.607. The summed E-state index contributed by atoms with van der Waals surface area (Å²) in [4.78, 5) is 15.3. The summed E-state index contributed by atoms with van der Waals surface area (Å²) in [6, 6.07) is 10.3. The normalized spacial score (nSPS) is 11.5. The fourth-order valence-electron chi connectivity index (χ4n) is 3.10. The van der Waals surface area contributed by atoms with Gasteiger partial charge in [-0.3, -0.25) is 4.98 Å². The number of halogens is 5. The Hall–Kier alpha value is -3.30. The summed E-state index contributed by atoms with van der Waals surface area (Å²) in [5, 5.41) is 0.622. The van der Waals surface area contributed by atoms with Crippen molar-refractivity contribution < 1.29 is 22.6 Å². The Morgan fingerprint density at radius 1 is 1.06 bits per heavy atom. The molecule has 0 spiro atoms. The highest BCUT2D eigenvalue weighted by Gasteiger charge is 2.34. The maximum atomic E-state index is 13.2. The topological polar surface area (TPSA) is 72.9 Å². The molecule has 0 saturated carbocycles. The molecule has 1 N–H and O–H groups in total. The molecule has 4 rings (SSSR count). The summed E-state index contributed by atoms with van der Waals surface area (Å²) in [6.45, 7) is -0.366. The van der Waals surface area contributed by atoms with Gasteiger partial charge in [0.15, 0.2) is 0 Å². The Morgan fingerprint density at radius 3 is 2.58 bits per heavy atom. The van der Waals surface area contributed by atoms with E-state index in [1.54, 1.807) is 36.5 Å². The fraction of sp³-hybridized carbons (Fsp3) is 0.136. The molecular formula is C22H15Cl2F3N4O2. The molecule has 3 heterocycles. The zero-order valence-electron chi connectivity index (χ0n) is 17.0. The van der Waals surface area contributed by atoms with Crippen molar-refractivity contribution >= 4 is 23.2 Å². The molecule has 0 fully saturated rings. The number of imidazole rings is 1. The van der Waals surface area contributed by atoms with E-state index in [-0.39, 0.29) is 17.5 Å². The number of aromatic amines is 1. The van der Waals surface area contributed by atoms with E-state index < -0.39 is 11.7 Å². The van der Waals surface area contributed by atoms with Crippen LogP contribution in [0.5, 0.6) is 11.5 Å². The summed E-state index contributed by atoms with van der Waals surface area (Å²) >= 11 is 12.2. The standard InChI is InChI=1S/C22H15Cl2F3N4O2/c1-32-17-9-13(33-11-16-15(22(25,26)27)3-2-8-28-16)5-6-14(17)19-20(24)31-21(30-19)12-4-7-18(23)29-10-12/h2-10H,11H2,1H3,(H,30,31). The first-order chi connectivity index (χ1) is 15.8. The van der Waals surface area contributed by atoms with Crippen LogP contribution in [0, 0.1) is 0 Å². The largest absolute Gasteiger partial charge is 0.496 e. The summed E-state index contributed by atoms with van der Waals surface area (Å²) in [7, 11) is 1.45. The number of alkyl halides is 3. The van der Waals surface area contributed by atoms with E-state index in [1.807, 2.05) is 0 Å². The van der Waals surface area contributed by atoms with E-state index >= 15 is 0 Å². The molecule has 0 aliphatic carbocycles. The predicted octanol–water partition coefficient (Wildman–Crippen LogP) is 6.45. The second kappa shape index (κ2) is 9.29. The van der Waals surface area contributed by atoms with Crippen LogP contribution in [0.4, 0.5) is 13.2 Å². The third-order valence-corrected chi connectivity index (χ3v) is 5.16. The van der Waals surface area contributed by atoms with Crippen LogP contribution in [0.1, 0.15) is 11.3 Å². The fourth-order valence-corrected chi connectivity index (χ4v) is 3.45. The van der Waals surface area contributed by atoms with Crippen molar-refractivity contribution in [3.05, 3.63) is 76.4 Å². The molecule has 3 aromatic heterocycles. The Labute approximate surface area is 196 Å². The number of nitrogens with zero attached hydrogens (tertiary/aromatic N) is 3. The first kappa shape index (κ1) is 22.9. The summed E-state index contributed by atoms with van der Waals surface area (Å²) in [5.74, 6) is 1.15. The van der Waals surface area contributed by atoms with Gasteiger partial charge in [0.05, 0.1) is 18.4 Å². The molecule has 0 atom stereocenters. The van der Waals surface area contributed by atoms with E-state index in [9.17, 15) is 13.2 Å². The highest BCUT2D eigenvalue weighted by molar-refractivity contribution is 6.32. The van der Waals surface area contributed by atoms with Gasteiger partial charge in [0.2, 0.25) is 0 Å². The molecule has 0 aliphatic heterocycles. The second-order valence-corrected chi connectivity index (χ2v) is 7.53. The van der Waals surface area contributed by atoms with Gasteiger partial charge in [-0.1, -0.05) is 23.2 Å². The van der Waals surface area contributed by atoms with Gasteiger partial charge < -0.3 is 14.5 Å². The number of hydrogen-bond donors (Lipinski definition) is 1. The average molecular weight is 495 g/mol. The van der Waals surface area contributed by atoms with Gasteiger partial charge in [-0.25, -0.2) is 9.97 Å². The third kappa shape index (κ3) is 5.04. The molecule has 0 unspecified atom stereocenters.